The number of halogens is 3. The zero-order chi connectivity index (χ0) is 17.6. The van der Waals surface area contributed by atoms with Crippen LogP contribution in [-0.2, 0) is 7.05 Å². The summed E-state index contributed by atoms with van der Waals surface area (Å²) in [5, 5.41) is 0.515. The Hall–Kier alpha value is -2.11. The summed E-state index contributed by atoms with van der Waals surface area (Å²) < 4.78 is 16.2. The van der Waals surface area contributed by atoms with Crippen molar-refractivity contribution in [1.82, 2.24) is 9.13 Å². The van der Waals surface area contributed by atoms with Crippen LogP contribution in [0.15, 0.2) is 46.0 Å². The van der Waals surface area contributed by atoms with E-state index in [1.807, 2.05) is 0 Å². The quantitative estimate of drug-likeness (QED) is 0.692. The number of rotatable bonds is 2. The minimum Gasteiger partial charge on any atom is -0.296 e. The topological polar surface area (TPSA) is 44.0 Å². The van der Waals surface area contributed by atoms with E-state index in [9.17, 15) is 14.0 Å². The first kappa shape index (κ1) is 16.7. The predicted molar refractivity (Wildman–Crippen MR) is 93.7 cm³/mol. The SMILES string of the molecule is C[C@H](c1ccc(Cl)cc1)n1c(=O)c2cc(F)c(Cl)cc2n(C)c1=O. The summed E-state index contributed by atoms with van der Waals surface area (Å²) in [6.07, 6.45) is 0. The van der Waals surface area contributed by atoms with Crippen molar-refractivity contribution in [2.45, 2.75) is 13.0 Å². The lowest BCUT2D eigenvalue weighted by Crippen LogP contribution is -2.41. The van der Waals surface area contributed by atoms with E-state index in [1.165, 1.54) is 17.7 Å². The molecule has 0 N–H and O–H groups in total. The van der Waals surface area contributed by atoms with Crippen molar-refractivity contribution in [3.8, 4) is 0 Å². The first-order valence-corrected chi connectivity index (χ1v) is 7.92. The van der Waals surface area contributed by atoms with Crippen LogP contribution in [-0.4, -0.2) is 9.13 Å². The lowest BCUT2D eigenvalue weighted by molar-refractivity contribution is 0.560. The molecule has 3 rings (SSSR count). The predicted octanol–water partition coefficient (Wildman–Crippen LogP) is 3.76. The summed E-state index contributed by atoms with van der Waals surface area (Å²) >= 11 is 11.6. The highest BCUT2D eigenvalue weighted by atomic mass is 35.5. The molecule has 24 heavy (non-hydrogen) atoms. The Morgan fingerprint density at radius 3 is 2.33 bits per heavy atom. The van der Waals surface area contributed by atoms with Crippen LogP contribution in [0.2, 0.25) is 10.0 Å². The lowest BCUT2D eigenvalue weighted by atomic mass is 10.1. The van der Waals surface area contributed by atoms with Crippen molar-refractivity contribution >= 4 is 34.1 Å². The number of fused-ring (bicyclic) bond motifs is 1. The van der Waals surface area contributed by atoms with Crippen LogP contribution in [0.1, 0.15) is 18.5 Å². The third-order valence-electron chi connectivity index (χ3n) is 4.08. The normalized spacial score (nSPS) is 12.5. The van der Waals surface area contributed by atoms with Gasteiger partial charge in [-0.1, -0.05) is 35.3 Å². The second kappa shape index (κ2) is 6.07. The Morgan fingerprint density at radius 2 is 1.71 bits per heavy atom. The summed E-state index contributed by atoms with van der Waals surface area (Å²) in [6, 6.07) is 8.66. The summed E-state index contributed by atoms with van der Waals surface area (Å²) in [6.45, 7) is 1.73. The second-order valence-electron chi connectivity index (χ2n) is 5.53. The molecule has 0 aliphatic carbocycles. The Morgan fingerprint density at radius 1 is 1.08 bits per heavy atom. The third-order valence-corrected chi connectivity index (χ3v) is 4.62. The molecular formula is C17H13Cl2FN2O2. The maximum atomic E-state index is 13.8. The molecule has 0 spiro atoms. The average Bonchev–Trinajstić information content (AvgIpc) is 2.55. The first-order valence-electron chi connectivity index (χ1n) is 7.17. The number of hydrogen-bond acceptors (Lipinski definition) is 2. The Balaban J connectivity index is 2.32. The van der Waals surface area contributed by atoms with Gasteiger partial charge in [0.25, 0.3) is 5.56 Å². The van der Waals surface area contributed by atoms with Crippen molar-refractivity contribution in [3.05, 3.63) is 78.7 Å². The fraction of sp³-hybridized carbons (Fsp3) is 0.176. The molecule has 7 heteroatoms. The summed E-state index contributed by atoms with van der Waals surface area (Å²) in [5.41, 5.74) is -0.0351. The molecule has 0 bridgehead atoms. The van der Waals surface area contributed by atoms with E-state index >= 15 is 0 Å². The molecule has 3 aromatic rings. The number of aryl methyl sites for hydroxylation is 1. The van der Waals surface area contributed by atoms with Gasteiger partial charge in [-0.25, -0.2) is 9.18 Å². The van der Waals surface area contributed by atoms with Gasteiger partial charge < -0.3 is 0 Å². The van der Waals surface area contributed by atoms with E-state index in [1.54, 1.807) is 31.2 Å². The monoisotopic (exact) mass is 366 g/mol. The van der Waals surface area contributed by atoms with Gasteiger partial charge in [-0.2, -0.15) is 0 Å². The maximum Gasteiger partial charge on any atom is 0.331 e. The molecule has 0 fully saturated rings. The molecule has 0 saturated carbocycles. The minimum atomic E-state index is -0.703. The maximum absolute atomic E-state index is 13.8. The Labute approximate surface area is 146 Å². The van der Waals surface area contributed by atoms with Crippen molar-refractivity contribution < 1.29 is 4.39 Å². The van der Waals surface area contributed by atoms with E-state index < -0.39 is 23.1 Å². The van der Waals surface area contributed by atoms with Crippen LogP contribution in [0.4, 0.5) is 4.39 Å². The van der Waals surface area contributed by atoms with Gasteiger partial charge in [-0.3, -0.25) is 13.9 Å². The fourth-order valence-electron chi connectivity index (χ4n) is 2.70. The summed E-state index contributed by atoms with van der Waals surface area (Å²) in [4.78, 5) is 25.4. The van der Waals surface area contributed by atoms with E-state index in [0.29, 0.717) is 5.02 Å². The molecule has 0 aliphatic heterocycles. The zero-order valence-electron chi connectivity index (χ0n) is 12.9. The number of nitrogens with zero attached hydrogens (tertiary/aromatic N) is 2. The van der Waals surface area contributed by atoms with E-state index in [-0.39, 0.29) is 15.9 Å². The second-order valence-corrected chi connectivity index (χ2v) is 6.37. The van der Waals surface area contributed by atoms with Crippen molar-refractivity contribution in [2.75, 3.05) is 0 Å². The highest BCUT2D eigenvalue weighted by molar-refractivity contribution is 6.31. The van der Waals surface area contributed by atoms with E-state index in [2.05, 4.69) is 0 Å². The van der Waals surface area contributed by atoms with Gasteiger partial charge >= 0.3 is 5.69 Å². The molecule has 0 unspecified atom stereocenters. The molecule has 0 radical (unpaired) electrons. The number of aromatic nitrogens is 2. The van der Waals surface area contributed by atoms with E-state index in [4.69, 9.17) is 23.2 Å². The largest absolute Gasteiger partial charge is 0.331 e. The first-order chi connectivity index (χ1) is 11.3. The molecule has 0 amide bonds. The van der Waals surface area contributed by atoms with Crippen LogP contribution in [0.3, 0.4) is 0 Å². The zero-order valence-corrected chi connectivity index (χ0v) is 14.4. The third kappa shape index (κ3) is 2.64. The van der Waals surface area contributed by atoms with Gasteiger partial charge in [0, 0.05) is 12.1 Å². The summed E-state index contributed by atoms with van der Waals surface area (Å²) in [7, 11) is 1.52. The van der Waals surface area contributed by atoms with Crippen molar-refractivity contribution in [2.24, 2.45) is 7.05 Å². The van der Waals surface area contributed by atoms with Crippen molar-refractivity contribution in [3.63, 3.8) is 0 Å². The van der Waals surface area contributed by atoms with E-state index in [0.717, 1.165) is 16.2 Å². The van der Waals surface area contributed by atoms with Crippen LogP contribution in [0, 0.1) is 5.82 Å². The van der Waals surface area contributed by atoms with Crippen molar-refractivity contribution in [1.29, 1.82) is 0 Å². The Kier molecular flexibility index (Phi) is 4.24. The standard InChI is InChI=1S/C17H13Cl2FN2O2/c1-9(10-3-5-11(18)6-4-10)22-16(23)12-7-14(20)13(19)8-15(12)21(2)17(22)24/h3-9H,1-2H3/t9-/m1/s1. The van der Waals surface area contributed by atoms with Crippen LogP contribution >= 0.6 is 23.2 Å². The van der Waals surface area contributed by atoms with Gasteiger partial charge in [-0.15, -0.1) is 0 Å². The van der Waals surface area contributed by atoms with Gasteiger partial charge in [0.05, 0.1) is 22.0 Å². The Bertz CT molecular complexity index is 1060. The van der Waals surface area contributed by atoms with Gasteiger partial charge in [0.15, 0.2) is 0 Å². The molecule has 1 heterocycles. The van der Waals surface area contributed by atoms with Crippen LogP contribution < -0.4 is 11.2 Å². The van der Waals surface area contributed by atoms with Gasteiger partial charge in [0.2, 0.25) is 0 Å². The molecule has 0 aliphatic rings. The minimum absolute atomic E-state index is 0.0970. The molecule has 124 valence electrons. The fourth-order valence-corrected chi connectivity index (χ4v) is 2.98. The average molecular weight is 367 g/mol. The molecule has 2 aromatic carbocycles. The molecule has 0 saturated heterocycles. The molecular weight excluding hydrogens is 354 g/mol. The highest BCUT2D eigenvalue weighted by Crippen LogP contribution is 2.22. The smallest absolute Gasteiger partial charge is 0.296 e. The number of hydrogen-bond donors (Lipinski definition) is 0. The molecule has 1 aromatic heterocycles. The van der Waals surface area contributed by atoms with Crippen LogP contribution in [0.25, 0.3) is 10.9 Å². The molecule has 1 atom stereocenters. The number of benzene rings is 2. The highest BCUT2D eigenvalue weighted by Gasteiger charge is 2.18. The van der Waals surface area contributed by atoms with Gasteiger partial charge in [0.1, 0.15) is 5.82 Å². The van der Waals surface area contributed by atoms with Crippen LogP contribution in [0.5, 0.6) is 0 Å². The summed E-state index contributed by atoms with van der Waals surface area (Å²) in [5.74, 6) is -0.703. The molecule has 4 nitrogen and oxygen atoms in total. The lowest BCUT2D eigenvalue weighted by Gasteiger charge is -2.17. The van der Waals surface area contributed by atoms with Gasteiger partial charge in [-0.05, 0) is 36.8 Å².